The van der Waals surface area contributed by atoms with Gasteiger partial charge in [0.25, 0.3) is 5.91 Å². The van der Waals surface area contributed by atoms with Gasteiger partial charge in [0, 0.05) is 11.6 Å². The van der Waals surface area contributed by atoms with Crippen molar-refractivity contribution in [1.29, 1.82) is 0 Å². The van der Waals surface area contributed by atoms with Gasteiger partial charge in [0.2, 0.25) is 0 Å². The van der Waals surface area contributed by atoms with Crippen LogP contribution in [0.5, 0.6) is 5.75 Å². The van der Waals surface area contributed by atoms with E-state index in [0.717, 1.165) is 29.2 Å². The van der Waals surface area contributed by atoms with E-state index >= 15 is 0 Å². The molecule has 1 saturated heterocycles. The van der Waals surface area contributed by atoms with Crippen molar-refractivity contribution in [3.05, 3.63) is 63.7 Å². The van der Waals surface area contributed by atoms with E-state index in [1.165, 1.54) is 30.4 Å². The van der Waals surface area contributed by atoms with Crippen molar-refractivity contribution in [2.75, 3.05) is 26.2 Å². The molecule has 156 valence electrons. The molecular weight excluding hydrogens is 384 g/mol. The van der Waals surface area contributed by atoms with Gasteiger partial charge in [-0.15, -0.1) is 0 Å². The number of amides is 1. The monoisotopic (exact) mass is 414 g/mol. The maximum absolute atomic E-state index is 12.4. The Kier molecular flexibility index (Phi) is 7.57. The Morgan fingerprint density at radius 2 is 1.69 bits per heavy atom. The molecule has 0 spiro atoms. The molecule has 0 radical (unpaired) electrons. The summed E-state index contributed by atoms with van der Waals surface area (Å²) >= 11 is 6.20. The van der Waals surface area contributed by atoms with Gasteiger partial charge in [-0.1, -0.05) is 47.9 Å². The normalized spacial score (nSPS) is 15.7. The number of nitrogens with one attached hydrogen (secondary N) is 1. The van der Waals surface area contributed by atoms with Gasteiger partial charge < -0.3 is 10.1 Å². The number of hydrogen-bond acceptors (Lipinski definition) is 3. The van der Waals surface area contributed by atoms with Gasteiger partial charge in [-0.3, -0.25) is 9.69 Å². The van der Waals surface area contributed by atoms with Crippen molar-refractivity contribution in [3.8, 4) is 5.75 Å². The Labute approximate surface area is 179 Å². The van der Waals surface area contributed by atoms with Crippen LogP contribution in [0.3, 0.4) is 0 Å². The zero-order chi connectivity index (χ0) is 20.8. The topological polar surface area (TPSA) is 41.6 Å². The molecule has 1 aliphatic heterocycles. The number of likely N-dealkylation sites (tertiary alicyclic amines) is 1. The number of aryl methyl sites for hydroxylation is 3. The van der Waals surface area contributed by atoms with Gasteiger partial charge in [-0.05, 0) is 75.5 Å². The average molecular weight is 415 g/mol. The summed E-state index contributed by atoms with van der Waals surface area (Å²) in [6.45, 7) is 8.71. The van der Waals surface area contributed by atoms with Crippen LogP contribution < -0.4 is 10.1 Å². The molecule has 0 bridgehead atoms. The molecule has 4 nitrogen and oxygen atoms in total. The van der Waals surface area contributed by atoms with E-state index in [4.69, 9.17) is 16.3 Å². The summed E-state index contributed by atoms with van der Waals surface area (Å²) in [5, 5.41) is 3.81. The minimum absolute atomic E-state index is 0.00112. The van der Waals surface area contributed by atoms with Crippen LogP contribution in [0.2, 0.25) is 5.02 Å². The SMILES string of the molecule is Cc1ccc([C@H](CNC(=O)COc2cc(C)c(Cl)c(C)c2)N2CCCCC2)cc1. The summed E-state index contributed by atoms with van der Waals surface area (Å²) < 4.78 is 5.70. The quantitative estimate of drug-likeness (QED) is 0.694. The molecule has 29 heavy (non-hydrogen) atoms. The highest BCUT2D eigenvalue weighted by molar-refractivity contribution is 6.32. The number of ether oxygens (including phenoxy) is 1. The summed E-state index contributed by atoms with van der Waals surface area (Å²) in [6, 6.07) is 12.6. The number of benzene rings is 2. The van der Waals surface area contributed by atoms with E-state index in [0.29, 0.717) is 12.3 Å². The minimum atomic E-state index is -0.107. The van der Waals surface area contributed by atoms with Crippen LogP contribution in [0.25, 0.3) is 0 Å². The molecule has 3 rings (SSSR count). The molecule has 0 aliphatic carbocycles. The molecule has 1 aliphatic rings. The van der Waals surface area contributed by atoms with Crippen LogP contribution in [0.4, 0.5) is 0 Å². The predicted octanol–water partition coefficient (Wildman–Crippen LogP) is 4.99. The maximum atomic E-state index is 12.4. The standard InChI is InChI=1S/C24H31ClN2O2/c1-17-7-9-20(10-8-17)22(27-11-5-4-6-12-27)15-26-23(28)16-29-21-13-18(2)24(25)19(3)14-21/h7-10,13-14,22H,4-6,11-12,15-16H2,1-3H3,(H,26,28)/t22-/m0/s1. The van der Waals surface area contributed by atoms with Crippen molar-refractivity contribution < 1.29 is 9.53 Å². The second-order valence-electron chi connectivity index (χ2n) is 7.99. The van der Waals surface area contributed by atoms with E-state index in [1.54, 1.807) is 0 Å². The minimum Gasteiger partial charge on any atom is -0.484 e. The smallest absolute Gasteiger partial charge is 0.258 e. The molecule has 1 N–H and O–H groups in total. The number of carbonyl (C=O) groups is 1. The number of nitrogens with zero attached hydrogens (tertiary/aromatic N) is 1. The van der Waals surface area contributed by atoms with Crippen LogP contribution in [0.1, 0.15) is 47.6 Å². The fraction of sp³-hybridized carbons (Fsp3) is 0.458. The van der Waals surface area contributed by atoms with E-state index in [9.17, 15) is 4.79 Å². The average Bonchev–Trinajstić information content (AvgIpc) is 2.72. The summed E-state index contributed by atoms with van der Waals surface area (Å²) in [4.78, 5) is 14.9. The van der Waals surface area contributed by atoms with Crippen molar-refractivity contribution in [2.45, 2.75) is 46.1 Å². The molecule has 5 heteroatoms. The summed E-state index contributed by atoms with van der Waals surface area (Å²) in [7, 11) is 0. The number of hydrogen-bond donors (Lipinski definition) is 1. The highest BCUT2D eigenvalue weighted by Gasteiger charge is 2.23. The molecule has 0 unspecified atom stereocenters. The van der Waals surface area contributed by atoms with Crippen LogP contribution in [0, 0.1) is 20.8 Å². The Morgan fingerprint density at radius 3 is 2.31 bits per heavy atom. The van der Waals surface area contributed by atoms with Crippen molar-refractivity contribution in [3.63, 3.8) is 0 Å². The summed E-state index contributed by atoms with van der Waals surface area (Å²) in [5.74, 6) is 0.565. The molecule has 1 amide bonds. The lowest BCUT2D eigenvalue weighted by Gasteiger charge is -2.35. The third kappa shape index (κ3) is 5.97. The third-order valence-electron chi connectivity index (χ3n) is 5.57. The molecule has 2 aromatic rings. The summed E-state index contributed by atoms with van der Waals surface area (Å²) in [6.07, 6.45) is 3.72. The molecule has 0 aromatic heterocycles. The predicted molar refractivity (Wildman–Crippen MR) is 119 cm³/mol. The molecular formula is C24H31ClN2O2. The number of carbonyl (C=O) groups excluding carboxylic acids is 1. The van der Waals surface area contributed by atoms with Crippen LogP contribution >= 0.6 is 11.6 Å². The van der Waals surface area contributed by atoms with Crippen LogP contribution in [-0.4, -0.2) is 37.0 Å². The highest BCUT2D eigenvalue weighted by atomic mass is 35.5. The highest BCUT2D eigenvalue weighted by Crippen LogP contribution is 2.26. The van der Waals surface area contributed by atoms with Crippen LogP contribution in [0.15, 0.2) is 36.4 Å². The zero-order valence-electron chi connectivity index (χ0n) is 17.6. The fourth-order valence-corrected chi connectivity index (χ4v) is 3.99. The first kappa shape index (κ1) is 21.7. The number of halogens is 1. The second kappa shape index (κ2) is 10.1. The van der Waals surface area contributed by atoms with Gasteiger partial charge in [-0.25, -0.2) is 0 Å². The molecule has 0 saturated carbocycles. The second-order valence-corrected chi connectivity index (χ2v) is 8.36. The number of rotatable bonds is 7. The zero-order valence-corrected chi connectivity index (χ0v) is 18.4. The van der Waals surface area contributed by atoms with Gasteiger partial charge >= 0.3 is 0 Å². The lowest BCUT2D eigenvalue weighted by atomic mass is 10.0. The lowest BCUT2D eigenvalue weighted by Crippen LogP contribution is -2.41. The Morgan fingerprint density at radius 1 is 1.07 bits per heavy atom. The Bertz CT molecular complexity index is 806. The largest absolute Gasteiger partial charge is 0.484 e. The van der Waals surface area contributed by atoms with Crippen molar-refractivity contribution in [1.82, 2.24) is 10.2 Å². The first-order valence-corrected chi connectivity index (χ1v) is 10.8. The van der Waals surface area contributed by atoms with E-state index in [1.807, 2.05) is 26.0 Å². The molecule has 1 atom stereocenters. The van der Waals surface area contributed by atoms with Gasteiger partial charge in [0.15, 0.2) is 6.61 Å². The van der Waals surface area contributed by atoms with Gasteiger partial charge in [-0.2, -0.15) is 0 Å². The molecule has 2 aromatic carbocycles. The van der Waals surface area contributed by atoms with Gasteiger partial charge in [0.05, 0.1) is 6.04 Å². The first-order valence-electron chi connectivity index (χ1n) is 10.4. The number of piperidine rings is 1. The Hall–Kier alpha value is -2.04. The van der Waals surface area contributed by atoms with Crippen LogP contribution in [-0.2, 0) is 4.79 Å². The summed E-state index contributed by atoms with van der Waals surface area (Å²) in [5.41, 5.74) is 4.40. The van der Waals surface area contributed by atoms with E-state index < -0.39 is 0 Å². The van der Waals surface area contributed by atoms with Gasteiger partial charge in [0.1, 0.15) is 5.75 Å². The molecule has 1 heterocycles. The fourth-order valence-electron chi connectivity index (χ4n) is 3.88. The third-order valence-corrected chi connectivity index (χ3v) is 6.16. The Balaban J connectivity index is 1.59. The first-order chi connectivity index (χ1) is 13.9. The van der Waals surface area contributed by atoms with Crippen molar-refractivity contribution in [2.24, 2.45) is 0 Å². The maximum Gasteiger partial charge on any atom is 0.258 e. The lowest BCUT2D eigenvalue weighted by molar-refractivity contribution is -0.123. The molecule has 1 fully saturated rings. The van der Waals surface area contributed by atoms with Crippen molar-refractivity contribution >= 4 is 17.5 Å². The van der Waals surface area contributed by atoms with E-state index in [2.05, 4.69) is 41.4 Å². The van der Waals surface area contributed by atoms with E-state index in [-0.39, 0.29) is 18.6 Å².